The van der Waals surface area contributed by atoms with E-state index in [1.54, 1.807) is 23.9 Å². The van der Waals surface area contributed by atoms with Crippen molar-refractivity contribution in [1.82, 2.24) is 9.47 Å². The van der Waals surface area contributed by atoms with Gasteiger partial charge in [-0.2, -0.15) is 5.26 Å². The lowest BCUT2D eigenvalue weighted by Crippen LogP contribution is -2.68. The van der Waals surface area contributed by atoms with Gasteiger partial charge in [-0.3, -0.25) is 4.79 Å². The molecule has 4 rings (SSSR count). The quantitative estimate of drug-likeness (QED) is 0.802. The van der Waals surface area contributed by atoms with Crippen LogP contribution in [0.15, 0.2) is 12.3 Å². The van der Waals surface area contributed by atoms with Gasteiger partial charge in [0.25, 0.3) is 5.91 Å². The molecule has 0 spiro atoms. The summed E-state index contributed by atoms with van der Waals surface area (Å²) in [5.41, 5.74) is 0.152. The number of piperidine rings is 1. The van der Waals surface area contributed by atoms with E-state index in [-0.39, 0.29) is 23.8 Å². The molecule has 4 atom stereocenters. The molecule has 3 fully saturated rings. The first-order valence-corrected chi connectivity index (χ1v) is 8.80. The number of carbonyl (C=O) groups excluding carboxylic acids is 1. The largest absolute Gasteiger partial charge is 0.389 e. The summed E-state index contributed by atoms with van der Waals surface area (Å²) in [6.07, 6.45) is 2.98. The lowest BCUT2D eigenvalue weighted by Gasteiger charge is -2.57. The summed E-state index contributed by atoms with van der Waals surface area (Å²) in [7, 11) is 1.78. The molecule has 0 aliphatic carbocycles. The summed E-state index contributed by atoms with van der Waals surface area (Å²) in [6, 6.07) is 3.68. The highest BCUT2D eigenvalue weighted by atomic mass is 16.5. The van der Waals surface area contributed by atoms with Crippen molar-refractivity contribution in [3.63, 3.8) is 0 Å². The Morgan fingerprint density at radius 3 is 2.96 bits per heavy atom. The number of amides is 1. The Bertz CT molecular complexity index is 724. The molecule has 1 N–H and O–H groups in total. The van der Waals surface area contributed by atoms with Crippen molar-refractivity contribution >= 4 is 5.91 Å². The molecule has 7 nitrogen and oxygen atoms in total. The zero-order chi connectivity index (χ0) is 17.6. The zero-order valence-electron chi connectivity index (χ0n) is 14.4. The summed E-state index contributed by atoms with van der Waals surface area (Å²) < 4.78 is 12.9. The predicted octanol–water partition coefficient (Wildman–Crippen LogP) is 0.525. The van der Waals surface area contributed by atoms with Crippen LogP contribution in [0.2, 0.25) is 0 Å². The smallest absolute Gasteiger partial charge is 0.270 e. The van der Waals surface area contributed by atoms with Gasteiger partial charge in [-0.15, -0.1) is 0 Å². The third-order valence-corrected chi connectivity index (χ3v) is 6.07. The van der Waals surface area contributed by atoms with Crippen LogP contribution in [0.3, 0.4) is 0 Å². The van der Waals surface area contributed by atoms with Crippen LogP contribution >= 0.6 is 0 Å². The molecule has 1 aromatic heterocycles. The second-order valence-electron chi connectivity index (χ2n) is 7.34. The Morgan fingerprint density at radius 2 is 2.20 bits per heavy atom. The maximum atomic E-state index is 13.2. The average Bonchev–Trinajstić information content (AvgIpc) is 3.01. The Balaban J connectivity index is 1.68. The van der Waals surface area contributed by atoms with Crippen LogP contribution in [-0.4, -0.2) is 65.1 Å². The number of aliphatic hydroxyl groups is 1. The lowest BCUT2D eigenvalue weighted by molar-refractivity contribution is -0.212. The van der Waals surface area contributed by atoms with Crippen LogP contribution < -0.4 is 0 Å². The number of aryl methyl sites for hydroxylation is 1. The molecule has 4 heterocycles. The Kier molecular flexibility index (Phi) is 4.07. The molecule has 3 saturated heterocycles. The van der Waals surface area contributed by atoms with Gasteiger partial charge >= 0.3 is 0 Å². The molecular weight excluding hydrogens is 322 g/mol. The van der Waals surface area contributed by atoms with Gasteiger partial charge in [0.2, 0.25) is 0 Å². The number of nitriles is 1. The number of fused-ring (bicyclic) bond motifs is 3. The molecule has 0 saturated carbocycles. The van der Waals surface area contributed by atoms with Gasteiger partial charge in [0.15, 0.2) is 0 Å². The Morgan fingerprint density at radius 1 is 1.40 bits per heavy atom. The maximum Gasteiger partial charge on any atom is 0.270 e. The van der Waals surface area contributed by atoms with Crippen molar-refractivity contribution in [3.05, 3.63) is 23.5 Å². The van der Waals surface area contributed by atoms with E-state index in [9.17, 15) is 9.90 Å². The van der Waals surface area contributed by atoms with E-state index >= 15 is 0 Å². The average molecular weight is 345 g/mol. The van der Waals surface area contributed by atoms with E-state index in [1.807, 2.05) is 4.90 Å². The first-order chi connectivity index (χ1) is 12.0. The van der Waals surface area contributed by atoms with Crippen molar-refractivity contribution in [3.8, 4) is 6.07 Å². The summed E-state index contributed by atoms with van der Waals surface area (Å²) >= 11 is 0. The Labute approximate surface area is 146 Å². The van der Waals surface area contributed by atoms with Crippen molar-refractivity contribution in [2.75, 3.05) is 33.0 Å². The van der Waals surface area contributed by atoms with E-state index in [0.717, 1.165) is 6.42 Å². The minimum absolute atomic E-state index is 0.0407. The third-order valence-electron chi connectivity index (χ3n) is 6.07. The van der Waals surface area contributed by atoms with Crippen LogP contribution in [0, 0.1) is 23.2 Å². The molecule has 3 aliphatic heterocycles. The number of rotatable bonds is 1. The lowest BCUT2D eigenvalue weighted by atomic mass is 9.66. The highest BCUT2D eigenvalue weighted by molar-refractivity contribution is 5.93. The molecule has 0 bridgehead atoms. The molecule has 0 aromatic carbocycles. The first-order valence-electron chi connectivity index (χ1n) is 8.80. The summed E-state index contributed by atoms with van der Waals surface area (Å²) in [5.74, 6) is -0.291. The minimum atomic E-state index is -0.827. The van der Waals surface area contributed by atoms with Gasteiger partial charge < -0.3 is 24.0 Å². The van der Waals surface area contributed by atoms with Crippen LogP contribution in [-0.2, 0) is 16.5 Å². The van der Waals surface area contributed by atoms with E-state index < -0.39 is 5.60 Å². The fourth-order valence-corrected chi connectivity index (χ4v) is 4.68. The normalized spacial score (nSPS) is 34.8. The SMILES string of the molecule is Cn1cc(C#N)cc1C(=O)N1C[C@@H]2COCC[C@]2(O)[C@H]2COCC[C@H]21. The summed E-state index contributed by atoms with van der Waals surface area (Å²) in [6.45, 7) is 2.55. The monoisotopic (exact) mass is 345 g/mol. The highest BCUT2D eigenvalue weighted by Gasteiger charge is 2.56. The Hall–Kier alpha value is -1.88. The number of nitrogens with zero attached hydrogens (tertiary/aromatic N) is 3. The van der Waals surface area contributed by atoms with E-state index in [4.69, 9.17) is 14.7 Å². The standard InChI is InChI=1S/C18H23N3O4/c1-20-8-12(7-19)6-16(20)17(22)21-9-13-10-25-5-3-18(13,23)14-11-24-4-2-15(14)21/h6,8,13-15,23H,2-5,9-11H2,1H3/t13-,14+,15-,18-/m1/s1. The van der Waals surface area contributed by atoms with E-state index in [2.05, 4.69) is 6.07 Å². The number of ether oxygens (including phenoxy) is 2. The van der Waals surface area contributed by atoms with Crippen molar-refractivity contribution in [2.24, 2.45) is 18.9 Å². The fraction of sp³-hybridized carbons (Fsp3) is 0.667. The van der Waals surface area contributed by atoms with Crippen molar-refractivity contribution in [2.45, 2.75) is 24.5 Å². The van der Waals surface area contributed by atoms with Crippen LogP contribution in [0.4, 0.5) is 0 Å². The van der Waals surface area contributed by atoms with Crippen LogP contribution in [0.25, 0.3) is 0 Å². The van der Waals surface area contributed by atoms with Gasteiger partial charge in [-0.05, 0) is 12.5 Å². The number of hydrogen-bond donors (Lipinski definition) is 1. The van der Waals surface area contributed by atoms with Crippen LogP contribution in [0.5, 0.6) is 0 Å². The third kappa shape index (κ3) is 2.56. The summed E-state index contributed by atoms with van der Waals surface area (Å²) in [4.78, 5) is 15.1. The number of carbonyl (C=O) groups is 1. The topological polar surface area (TPSA) is 87.7 Å². The van der Waals surface area contributed by atoms with Gasteiger partial charge in [-0.1, -0.05) is 0 Å². The van der Waals surface area contributed by atoms with Gasteiger partial charge in [0.1, 0.15) is 11.8 Å². The van der Waals surface area contributed by atoms with E-state index in [1.165, 1.54) is 0 Å². The van der Waals surface area contributed by atoms with Gasteiger partial charge in [0.05, 0.1) is 24.4 Å². The van der Waals surface area contributed by atoms with Crippen molar-refractivity contribution < 1.29 is 19.4 Å². The predicted molar refractivity (Wildman–Crippen MR) is 87.8 cm³/mol. The second-order valence-corrected chi connectivity index (χ2v) is 7.34. The molecule has 3 aliphatic rings. The molecular formula is C18H23N3O4. The number of hydrogen-bond acceptors (Lipinski definition) is 5. The number of aromatic nitrogens is 1. The molecule has 1 amide bonds. The first kappa shape index (κ1) is 16.6. The molecule has 0 unspecified atom stereocenters. The number of likely N-dealkylation sites (tertiary alicyclic amines) is 1. The van der Waals surface area contributed by atoms with E-state index in [0.29, 0.717) is 50.7 Å². The maximum absolute atomic E-state index is 13.2. The molecule has 25 heavy (non-hydrogen) atoms. The molecule has 134 valence electrons. The zero-order valence-corrected chi connectivity index (χ0v) is 14.4. The van der Waals surface area contributed by atoms with Crippen LogP contribution in [0.1, 0.15) is 28.9 Å². The molecule has 0 radical (unpaired) electrons. The molecule has 1 aromatic rings. The highest BCUT2D eigenvalue weighted by Crippen LogP contribution is 2.44. The van der Waals surface area contributed by atoms with Crippen molar-refractivity contribution in [1.29, 1.82) is 5.26 Å². The minimum Gasteiger partial charge on any atom is -0.389 e. The summed E-state index contributed by atoms with van der Waals surface area (Å²) in [5, 5.41) is 20.4. The fourth-order valence-electron chi connectivity index (χ4n) is 4.68. The van der Waals surface area contributed by atoms with Gasteiger partial charge in [0, 0.05) is 57.3 Å². The second kappa shape index (κ2) is 6.13. The van der Waals surface area contributed by atoms with Gasteiger partial charge in [-0.25, -0.2) is 0 Å². The molecule has 7 heteroatoms.